The molecule has 0 fully saturated rings. The fourth-order valence-electron chi connectivity index (χ4n) is 8.76. The summed E-state index contributed by atoms with van der Waals surface area (Å²) < 4.78 is 15.9. The van der Waals surface area contributed by atoms with Crippen molar-refractivity contribution in [2.75, 3.05) is 0 Å². The number of aromatic nitrogens is 1. The van der Waals surface area contributed by atoms with E-state index in [0.717, 1.165) is 67.6 Å². The van der Waals surface area contributed by atoms with Crippen LogP contribution in [0.3, 0.4) is 0 Å². The summed E-state index contributed by atoms with van der Waals surface area (Å²) in [6, 6.07) is 67.0. The summed E-state index contributed by atoms with van der Waals surface area (Å²) in [6.45, 7) is 0. The van der Waals surface area contributed by atoms with E-state index in [4.69, 9.17) is 9.47 Å². The van der Waals surface area contributed by atoms with Crippen molar-refractivity contribution < 1.29 is 9.47 Å². The van der Waals surface area contributed by atoms with Gasteiger partial charge in [-0.15, -0.1) is 0 Å². The van der Waals surface area contributed by atoms with Crippen molar-refractivity contribution >= 4 is 21.8 Å². The third-order valence-electron chi connectivity index (χ3n) is 10.9. The minimum absolute atomic E-state index is 0.707. The molecule has 1 spiro atoms. The maximum absolute atomic E-state index is 6.82. The van der Waals surface area contributed by atoms with Crippen LogP contribution in [0.15, 0.2) is 188 Å². The number of hydrogen-bond donors (Lipinski definition) is 0. The second-order valence-corrected chi connectivity index (χ2v) is 13.6. The predicted molar refractivity (Wildman–Crippen MR) is 210 cm³/mol. The second kappa shape index (κ2) is 11.1. The lowest BCUT2D eigenvalue weighted by atomic mass is 9.62. The highest BCUT2D eigenvalue weighted by Gasteiger charge is 2.50. The van der Waals surface area contributed by atoms with E-state index in [2.05, 4.69) is 193 Å². The molecule has 1 atom stereocenters. The van der Waals surface area contributed by atoms with Crippen LogP contribution in [0.25, 0.3) is 49.7 Å². The van der Waals surface area contributed by atoms with E-state index in [0.29, 0.717) is 0 Å². The normalized spacial score (nSPS) is 15.3. The molecule has 11 rings (SSSR count). The topological polar surface area (TPSA) is 23.4 Å². The number of rotatable bonds is 3. The molecular weight excluding hydrogens is 635 g/mol. The van der Waals surface area contributed by atoms with E-state index >= 15 is 0 Å². The van der Waals surface area contributed by atoms with Gasteiger partial charge in [0.1, 0.15) is 23.0 Å². The summed E-state index contributed by atoms with van der Waals surface area (Å²) in [5.74, 6) is 3.39. The van der Waals surface area contributed by atoms with Gasteiger partial charge in [0, 0.05) is 38.7 Å². The Morgan fingerprint density at radius 1 is 0.365 bits per heavy atom. The maximum Gasteiger partial charge on any atom is 0.132 e. The van der Waals surface area contributed by atoms with E-state index in [-0.39, 0.29) is 0 Å². The predicted octanol–water partition coefficient (Wildman–Crippen LogP) is 12.7. The molecule has 9 aromatic rings. The highest BCUT2D eigenvalue weighted by atomic mass is 16.5. The van der Waals surface area contributed by atoms with Gasteiger partial charge in [0.15, 0.2) is 0 Å². The number of fused-ring (bicyclic) bond motifs is 11. The lowest BCUT2D eigenvalue weighted by Crippen LogP contribution is -2.36. The summed E-state index contributed by atoms with van der Waals surface area (Å²) >= 11 is 0. The standard InChI is InChI=1S/C49H31NO2/c1-3-14-32(15-4-1)33-26-28-46-40(30-33)49(38-20-8-11-24-44(38)51-46)39-21-9-12-25-45(39)52-47-29-27-34(31-41(47)49)36-19-13-23-43-48(36)37-18-7-10-22-42(37)50(43)35-16-5-2-6-17-35/h1-31H. The summed E-state index contributed by atoms with van der Waals surface area (Å²) in [7, 11) is 0. The first-order valence-electron chi connectivity index (χ1n) is 17.8. The largest absolute Gasteiger partial charge is 0.457 e. The van der Waals surface area contributed by atoms with Crippen molar-refractivity contribution in [3.63, 3.8) is 0 Å². The monoisotopic (exact) mass is 665 g/mol. The smallest absolute Gasteiger partial charge is 0.132 e. The Balaban J connectivity index is 1.23. The molecule has 52 heavy (non-hydrogen) atoms. The second-order valence-electron chi connectivity index (χ2n) is 13.6. The van der Waals surface area contributed by atoms with Gasteiger partial charge < -0.3 is 14.0 Å². The molecule has 2 aliphatic heterocycles. The number of nitrogens with zero attached hydrogens (tertiary/aromatic N) is 1. The van der Waals surface area contributed by atoms with Gasteiger partial charge in [-0.05, 0) is 82.9 Å². The first kappa shape index (κ1) is 28.9. The highest BCUT2D eigenvalue weighted by Crippen LogP contribution is 2.62. The minimum Gasteiger partial charge on any atom is -0.457 e. The lowest BCUT2D eigenvalue weighted by molar-refractivity contribution is 0.399. The molecule has 0 radical (unpaired) electrons. The minimum atomic E-state index is -0.707. The molecular formula is C49H31NO2. The van der Waals surface area contributed by atoms with Gasteiger partial charge in [0.05, 0.1) is 16.4 Å². The molecule has 244 valence electrons. The van der Waals surface area contributed by atoms with Crippen molar-refractivity contribution in [1.82, 2.24) is 4.57 Å². The Bertz CT molecular complexity index is 2810. The number of para-hydroxylation sites is 4. The fraction of sp³-hybridized carbons (Fsp3) is 0.0204. The summed E-state index contributed by atoms with van der Waals surface area (Å²) in [5, 5.41) is 2.45. The Morgan fingerprint density at radius 3 is 1.62 bits per heavy atom. The molecule has 3 heteroatoms. The molecule has 2 aliphatic rings. The molecule has 0 amide bonds. The lowest BCUT2D eigenvalue weighted by Gasteiger charge is -2.45. The number of ether oxygens (including phenoxy) is 2. The Hall–Kier alpha value is -6.84. The molecule has 0 saturated heterocycles. The van der Waals surface area contributed by atoms with Crippen LogP contribution in [-0.4, -0.2) is 4.57 Å². The Kier molecular flexibility index (Phi) is 6.17. The summed E-state index contributed by atoms with van der Waals surface area (Å²) in [5.41, 5.74) is 11.8. The van der Waals surface area contributed by atoms with Gasteiger partial charge in [-0.3, -0.25) is 0 Å². The fourth-order valence-corrected chi connectivity index (χ4v) is 8.76. The summed E-state index contributed by atoms with van der Waals surface area (Å²) in [4.78, 5) is 0. The van der Waals surface area contributed by atoms with Crippen LogP contribution < -0.4 is 9.47 Å². The van der Waals surface area contributed by atoms with Gasteiger partial charge in [0.25, 0.3) is 0 Å². The maximum atomic E-state index is 6.82. The van der Waals surface area contributed by atoms with Gasteiger partial charge in [-0.2, -0.15) is 0 Å². The Morgan fingerprint density at radius 2 is 0.904 bits per heavy atom. The van der Waals surface area contributed by atoms with Gasteiger partial charge in [0.2, 0.25) is 0 Å². The quantitative estimate of drug-likeness (QED) is 0.187. The van der Waals surface area contributed by atoms with Crippen LogP contribution in [0.4, 0.5) is 0 Å². The van der Waals surface area contributed by atoms with E-state index < -0.39 is 5.41 Å². The first-order valence-corrected chi connectivity index (χ1v) is 17.8. The third kappa shape index (κ3) is 4.02. The van der Waals surface area contributed by atoms with Crippen LogP contribution in [-0.2, 0) is 5.41 Å². The zero-order valence-corrected chi connectivity index (χ0v) is 28.2. The zero-order valence-electron chi connectivity index (χ0n) is 28.2. The van der Waals surface area contributed by atoms with Crippen molar-refractivity contribution in [2.24, 2.45) is 0 Å². The van der Waals surface area contributed by atoms with E-state index in [1.807, 2.05) is 0 Å². The first-order chi connectivity index (χ1) is 25.8. The van der Waals surface area contributed by atoms with Crippen LogP contribution in [0.5, 0.6) is 23.0 Å². The highest BCUT2D eigenvalue weighted by molar-refractivity contribution is 6.15. The summed E-state index contributed by atoms with van der Waals surface area (Å²) in [6.07, 6.45) is 0. The average molecular weight is 666 g/mol. The van der Waals surface area contributed by atoms with Gasteiger partial charge in [-0.1, -0.05) is 127 Å². The van der Waals surface area contributed by atoms with Crippen molar-refractivity contribution in [1.29, 1.82) is 0 Å². The number of hydrogen-bond acceptors (Lipinski definition) is 2. The molecule has 0 aliphatic carbocycles. The van der Waals surface area contributed by atoms with E-state index in [9.17, 15) is 0 Å². The third-order valence-corrected chi connectivity index (χ3v) is 10.9. The molecule has 1 unspecified atom stereocenters. The molecule has 1 aromatic heterocycles. The van der Waals surface area contributed by atoms with Crippen LogP contribution >= 0.6 is 0 Å². The van der Waals surface area contributed by atoms with Crippen LogP contribution in [0.1, 0.15) is 22.3 Å². The van der Waals surface area contributed by atoms with Gasteiger partial charge >= 0.3 is 0 Å². The van der Waals surface area contributed by atoms with Crippen molar-refractivity contribution in [3.8, 4) is 50.9 Å². The Labute approximate surface area is 301 Å². The molecule has 8 aromatic carbocycles. The SMILES string of the molecule is c1ccc(-c2ccc3c(c2)C2(c4ccccc4O3)c3ccccc3Oc3ccc(-c4cccc5c4c4ccccc4n5-c4ccccc4)cc32)cc1. The van der Waals surface area contributed by atoms with Crippen molar-refractivity contribution in [3.05, 3.63) is 210 Å². The van der Waals surface area contributed by atoms with Crippen molar-refractivity contribution in [2.45, 2.75) is 5.41 Å². The molecule has 0 N–H and O–H groups in total. The molecule has 3 nitrogen and oxygen atoms in total. The van der Waals surface area contributed by atoms with Crippen LogP contribution in [0.2, 0.25) is 0 Å². The molecule has 0 bridgehead atoms. The van der Waals surface area contributed by atoms with Gasteiger partial charge in [-0.25, -0.2) is 0 Å². The zero-order chi connectivity index (χ0) is 34.2. The molecule has 0 saturated carbocycles. The van der Waals surface area contributed by atoms with Crippen LogP contribution in [0, 0.1) is 0 Å². The van der Waals surface area contributed by atoms with E-state index in [1.165, 1.54) is 27.4 Å². The average Bonchev–Trinajstić information content (AvgIpc) is 3.56. The molecule has 3 heterocycles. The number of benzene rings is 8. The van der Waals surface area contributed by atoms with E-state index in [1.54, 1.807) is 0 Å².